The van der Waals surface area contributed by atoms with Crippen LogP contribution in [-0.4, -0.2) is 30.6 Å². The number of likely N-dealkylation sites (tertiary alicyclic amines) is 1. The molecule has 0 bridgehead atoms. The minimum atomic E-state index is -0.0188. The number of hydrogen-bond donors (Lipinski definition) is 1. The summed E-state index contributed by atoms with van der Waals surface area (Å²) in [6.45, 7) is 2.06. The fourth-order valence-electron chi connectivity index (χ4n) is 2.67. The third kappa shape index (κ3) is 5.11. The highest BCUT2D eigenvalue weighted by atomic mass is 16.2. The predicted octanol–water partition coefficient (Wildman–Crippen LogP) is 2.95. The summed E-state index contributed by atoms with van der Waals surface area (Å²) in [6.07, 6.45) is 4.95. The number of rotatable bonds is 5. The van der Waals surface area contributed by atoms with Gasteiger partial charge in [0.25, 0.3) is 0 Å². The van der Waals surface area contributed by atoms with E-state index in [2.05, 4.69) is 35.7 Å². The Morgan fingerprint density at radius 1 is 1.33 bits per heavy atom. The van der Waals surface area contributed by atoms with Gasteiger partial charge < -0.3 is 10.2 Å². The molecule has 1 aromatic carbocycles. The molecule has 1 aromatic rings. The molecule has 1 fully saturated rings. The number of urea groups is 1. The van der Waals surface area contributed by atoms with Crippen LogP contribution in [0.5, 0.6) is 0 Å². The fourth-order valence-corrected chi connectivity index (χ4v) is 2.67. The number of benzene rings is 1. The van der Waals surface area contributed by atoms with Crippen molar-refractivity contribution < 1.29 is 4.79 Å². The van der Waals surface area contributed by atoms with Crippen LogP contribution in [0.4, 0.5) is 4.79 Å². The molecule has 112 valence electrons. The molecule has 0 radical (unpaired) electrons. The number of carbonyl (C=O) groups excluding carboxylic acids is 1. The molecule has 0 spiro atoms. The predicted molar refractivity (Wildman–Crippen MR) is 82.7 cm³/mol. The first-order valence-corrected chi connectivity index (χ1v) is 7.76. The lowest BCUT2D eigenvalue weighted by molar-refractivity contribution is 0.176. The smallest absolute Gasteiger partial charge is 0.317 e. The Labute approximate surface area is 126 Å². The molecule has 2 rings (SSSR count). The SMILES string of the molecule is N#C[C@H]1CCCN(C(=O)NCCCCc2ccccc2)C1. The van der Waals surface area contributed by atoms with Crippen LogP contribution in [0, 0.1) is 17.2 Å². The van der Waals surface area contributed by atoms with Crippen molar-refractivity contribution in [3.63, 3.8) is 0 Å². The standard InChI is InChI=1S/C17H23N3O/c18-13-16-10-6-12-20(14-16)17(21)19-11-5-4-9-15-7-2-1-3-8-15/h1-3,7-8,16H,4-6,9-12,14H2,(H,19,21)/t16-/m1/s1. The van der Waals surface area contributed by atoms with Crippen LogP contribution < -0.4 is 5.32 Å². The number of amides is 2. The minimum absolute atomic E-state index is 0.00239. The zero-order valence-electron chi connectivity index (χ0n) is 12.4. The van der Waals surface area contributed by atoms with Crippen LogP contribution >= 0.6 is 0 Å². The summed E-state index contributed by atoms with van der Waals surface area (Å²) in [5.74, 6) is 0.00239. The average Bonchev–Trinajstić information content (AvgIpc) is 2.55. The van der Waals surface area contributed by atoms with Crippen molar-refractivity contribution in [1.29, 1.82) is 5.26 Å². The molecule has 0 unspecified atom stereocenters. The second kappa shape index (κ2) is 8.31. The van der Waals surface area contributed by atoms with Gasteiger partial charge in [-0.15, -0.1) is 0 Å². The van der Waals surface area contributed by atoms with Crippen molar-refractivity contribution >= 4 is 6.03 Å². The average molecular weight is 285 g/mol. The Balaban J connectivity index is 1.60. The van der Waals surface area contributed by atoms with E-state index in [0.717, 1.165) is 38.6 Å². The summed E-state index contributed by atoms with van der Waals surface area (Å²) in [5.41, 5.74) is 1.34. The number of unbranched alkanes of at least 4 members (excludes halogenated alkanes) is 1. The van der Waals surface area contributed by atoms with E-state index < -0.39 is 0 Å². The van der Waals surface area contributed by atoms with E-state index in [9.17, 15) is 4.79 Å². The molecule has 21 heavy (non-hydrogen) atoms. The largest absolute Gasteiger partial charge is 0.338 e. The number of piperidine rings is 1. The van der Waals surface area contributed by atoms with Gasteiger partial charge in [0, 0.05) is 19.6 Å². The summed E-state index contributed by atoms with van der Waals surface area (Å²) in [7, 11) is 0. The Kier molecular flexibility index (Phi) is 6.08. The van der Waals surface area contributed by atoms with Gasteiger partial charge in [-0.3, -0.25) is 0 Å². The van der Waals surface area contributed by atoms with Crippen LogP contribution in [0.15, 0.2) is 30.3 Å². The Morgan fingerprint density at radius 2 is 2.14 bits per heavy atom. The van der Waals surface area contributed by atoms with Crippen molar-refractivity contribution in [3.8, 4) is 6.07 Å². The number of nitriles is 1. The zero-order valence-corrected chi connectivity index (χ0v) is 12.4. The fraction of sp³-hybridized carbons (Fsp3) is 0.529. The maximum atomic E-state index is 12.0. The Hall–Kier alpha value is -2.02. The van der Waals surface area contributed by atoms with Crippen LogP contribution in [0.2, 0.25) is 0 Å². The molecule has 1 aliphatic heterocycles. The van der Waals surface area contributed by atoms with Gasteiger partial charge in [-0.05, 0) is 37.7 Å². The van der Waals surface area contributed by atoms with Crippen LogP contribution in [-0.2, 0) is 6.42 Å². The summed E-state index contributed by atoms with van der Waals surface area (Å²) >= 11 is 0. The van der Waals surface area contributed by atoms with Crippen LogP contribution in [0.3, 0.4) is 0 Å². The monoisotopic (exact) mass is 285 g/mol. The van der Waals surface area contributed by atoms with Gasteiger partial charge in [0.1, 0.15) is 0 Å². The molecule has 2 amide bonds. The Bertz CT molecular complexity index is 481. The van der Waals surface area contributed by atoms with E-state index in [1.165, 1.54) is 5.56 Å². The molecular formula is C17H23N3O. The second-order valence-corrected chi connectivity index (χ2v) is 5.59. The van der Waals surface area contributed by atoms with Gasteiger partial charge in [0.2, 0.25) is 0 Å². The van der Waals surface area contributed by atoms with Crippen molar-refractivity contribution in [3.05, 3.63) is 35.9 Å². The number of aryl methyl sites for hydroxylation is 1. The number of nitrogens with one attached hydrogen (secondary N) is 1. The summed E-state index contributed by atoms with van der Waals surface area (Å²) in [6, 6.07) is 12.6. The lowest BCUT2D eigenvalue weighted by Crippen LogP contribution is -2.45. The lowest BCUT2D eigenvalue weighted by atomic mass is 10.0. The van der Waals surface area contributed by atoms with E-state index >= 15 is 0 Å². The molecule has 1 N–H and O–H groups in total. The zero-order chi connectivity index (χ0) is 14.9. The number of hydrogen-bond acceptors (Lipinski definition) is 2. The molecular weight excluding hydrogens is 262 g/mol. The molecule has 1 saturated heterocycles. The van der Waals surface area contributed by atoms with Crippen molar-refractivity contribution in [2.24, 2.45) is 5.92 Å². The van der Waals surface area contributed by atoms with Crippen LogP contribution in [0.1, 0.15) is 31.2 Å². The second-order valence-electron chi connectivity index (χ2n) is 5.59. The molecule has 0 aliphatic carbocycles. The highest BCUT2D eigenvalue weighted by molar-refractivity contribution is 5.74. The third-order valence-corrected chi connectivity index (χ3v) is 3.90. The quantitative estimate of drug-likeness (QED) is 0.846. The first-order valence-electron chi connectivity index (χ1n) is 7.76. The first kappa shape index (κ1) is 15.4. The molecule has 4 heteroatoms. The number of nitrogens with zero attached hydrogens (tertiary/aromatic N) is 2. The van der Waals surface area contributed by atoms with Crippen molar-refractivity contribution in [2.75, 3.05) is 19.6 Å². The molecule has 0 aromatic heterocycles. The lowest BCUT2D eigenvalue weighted by Gasteiger charge is -2.29. The molecule has 4 nitrogen and oxygen atoms in total. The summed E-state index contributed by atoms with van der Waals surface area (Å²) < 4.78 is 0. The third-order valence-electron chi connectivity index (χ3n) is 3.90. The molecule has 1 heterocycles. The van der Waals surface area contributed by atoms with Gasteiger partial charge in [-0.25, -0.2) is 4.79 Å². The summed E-state index contributed by atoms with van der Waals surface area (Å²) in [4.78, 5) is 13.8. The highest BCUT2D eigenvalue weighted by Crippen LogP contribution is 2.15. The number of carbonyl (C=O) groups is 1. The maximum absolute atomic E-state index is 12.0. The van der Waals surface area contributed by atoms with Crippen molar-refractivity contribution in [2.45, 2.75) is 32.1 Å². The topological polar surface area (TPSA) is 56.1 Å². The molecule has 1 aliphatic rings. The summed E-state index contributed by atoms with van der Waals surface area (Å²) in [5, 5.41) is 11.9. The van der Waals surface area contributed by atoms with Gasteiger partial charge in [-0.2, -0.15) is 5.26 Å². The van der Waals surface area contributed by atoms with Gasteiger partial charge in [0.15, 0.2) is 0 Å². The van der Waals surface area contributed by atoms with E-state index in [4.69, 9.17) is 5.26 Å². The van der Waals surface area contributed by atoms with E-state index in [1.807, 2.05) is 6.07 Å². The van der Waals surface area contributed by atoms with Gasteiger partial charge >= 0.3 is 6.03 Å². The highest BCUT2D eigenvalue weighted by Gasteiger charge is 2.22. The van der Waals surface area contributed by atoms with Gasteiger partial charge in [-0.1, -0.05) is 30.3 Å². The van der Waals surface area contributed by atoms with Crippen molar-refractivity contribution in [1.82, 2.24) is 10.2 Å². The molecule has 0 saturated carbocycles. The minimum Gasteiger partial charge on any atom is -0.338 e. The Morgan fingerprint density at radius 3 is 2.90 bits per heavy atom. The molecule has 1 atom stereocenters. The first-order chi connectivity index (χ1) is 10.3. The van der Waals surface area contributed by atoms with E-state index in [1.54, 1.807) is 4.90 Å². The normalized spacial score (nSPS) is 18.0. The van der Waals surface area contributed by atoms with Gasteiger partial charge in [0.05, 0.1) is 12.0 Å². The van der Waals surface area contributed by atoms with E-state index in [-0.39, 0.29) is 11.9 Å². The maximum Gasteiger partial charge on any atom is 0.317 e. The van der Waals surface area contributed by atoms with E-state index in [0.29, 0.717) is 13.1 Å². The van der Waals surface area contributed by atoms with Crippen LogP contribution in [0.25, 0.3) is 0 Å².